The summed E-state index contributed by atoms with van der Waals surface area (Å²) in [5.41, 5.74) is 0.00616. The maximum absolute atomic E-state index is 13.9. The molecule has 1 atom stereocenters. The average Bonchev–Trinajstić information content (AvgIpc) is 2.86. The van der Waals surface area contributed by atoms with Crippen LogP contribution in [-0.4, -0.2) is 48.3 Å². The molecule has 0 bridgehead atoms. The van der Waals surface area contributed by atoms with Gasteiger partial charge in [0.25, 0.3) is 5.91 Å². The SMILES string of the molecule is CN(C)C(=O)C1CCCN1C(=O)c1ccc(Br)cc1F. The van der Waals surface area contributed by atoms with Crippen LogP contribution < -0.4 is 0 Å². The van der Waals surface area contributed by atoms with Crippen molar-refractivity contribution >= 4 is 27.7 Å². The summed E-state index contributed by atoms with van der Waals surface area (Å²) in [6, 6.07) is 3.83. The zero-order chi connectivity index (χ0) is 14.9. The molecular formula is C14H16BrFN2O2. The normalized spacial score (nSPS) is 18.2. The largest absolute Gasteiger partial charge is 0.347 e. The van der Waals surface area contributed by atoms with E-state index < -0.39 is 17.8 Å². The monoisotopic (exact) mass is 342 g/mol. The fourth-order valence-corrected chi connectivity index (χ4v) is 2.72. The van der Waals surface area contributed by atoms with Gasteiger partial charge in [0.2, 0.25) is 5.91 Å². The predicted octanol–water partition coefficient (Wildman–Crippen LogP) is 2.28. The standard InChI is InChI=1S/C14H16BrFN2O2/c1-17(2)14(20)12-4-3-7-18(12)13(19)10-6-5-9(15)8-11(10)16/h5-6,8,12H,3-4,7H2,1-2H3. The molecule has 1 aliphatic heterocycles. The molecule has 6 heteroatoms. The number of likely N-dealkylation sites (tertiary alicyclic amines) is 1. The molecule has 20 heavy (non-hydrogen) atoms. The number of carbonyl (C=O) groups is 2. The van der Waals surface area contributed by atoms with Crippen LogP contribution >= 0.6 is 15.9 Å². The highest BCUT2D eigenvalue weighted by atomic mass is 79.9. The van der Waals surface area contributed by atoms with Gasteiger partial charge in [-0.1, -0.05) is 15.9 Å². The Kier molecular flexibility index (Phi) is 4.42. The molecule has 1 aromatic carbocycles. The first kappa shape index (κ1) is 15.0. The van der Waals surface area contributed by atoms with Crippen molar-refractivity contribution in [3.63, 3.8) is 0 Å². The molecule has 1 saturated heterocycles. The summed E-state index contributed by atoms with van der Waals surface area (Å²) in [7, 11) is 3.31. The molecule has 0 aliphatic carbocycles. The Bertz CT molecular complexity index is 548. The van der Waals surface area contributed by atoms with Crippen molar-refractivity contribution in [3.05, 3.63) is 34.1 Å². The second-order valence-corrected chi connectivity index (χ2v) is 5.93. The van der Waals surface area contributed by atoms with E-state index in [4.69, 9.17) is 0 Å². The molecular weight excluding hydrogens is 327 g/mol. The second kappa shape index (κ2) is 5.91. The third kappa shape index (κ3) is 2.85. The molecule has 0 N–H and O–H groups in total. The number of hydrogen-bond donors (Lipinski definition) is 0. The summed E-state index contributed by atoms with van der Waals surface area (Å²) < 4.78 is 14.4. The van der Waals surface area contributed by atoms with Crippen LogP contribution in [0.3, 0.4) is 0 Å². The first-order valence-corrected chi connectivity index (χ1v) is 7.18. The number of carbonyl (C=O) groups excluding carboxylic acids is 2. The number of halogens is 2. The highest BCUT2D eigenvalue weighted by Gasteiger charge is 2.36. The van der Waals surface area contributed by atoms with Crippen molar-refractivity contribution in [2.45, 2.75) is 18.9 Å². The summed E-state index contributed by atoms with van der Waals surface area (Å²) in [6.07, 6.45) is 1.38. The summed E-state index contributed by atoms with van der Waals surface area (Å²) >= 11 is 3.16. The Morgan fingerprint density at radius 1 is 1.40 bits per heavy atom. The van der Waals surface area contributed by atoms with Gasteiger partial charge in [-0.25, -0.2) is 4.39 Å². The maximum Gasteiger partial charge on any atom is 0.257 e. The third-order valence-corrected chi connectivity index (χ3v) is 3.89. The minimum atomic E-state index is -0.577. The summed E-state index contributed by atoms with van der Waals surface area (Å²) in [5.74, 6) is -1.12. The Morgan fingerprint density at radius 3 is 2.70 bits per heavy atom. The van der Waals surface area contributed by atoms with Crippen molar-refractivity contribution in [1.29, 1.82) is 0 Å². The molecule has 4 nitrogen and oxygen atoms in total. The van der Waals surface area contributed by atoms with E-state index in [0.717, 1.165) is 6.42 Å². The molecule has 2 amide bonds. The molecule has 1 unspecified atom stereocenters. The van der Waals surface area contributed by atoms with Crippen LogP contribution in [0, 0.1) is 5.82 Å². The molecule has 1 aromatic rings. The van der Waals surface area contributed by atoms with E-state index in [-0.39, 0.29) is 11.5 Å². The van der Waals surface area contributed by atoms with Gasteiger partial charge in [-0.15, -0.1) is 0 Å². The molecule has 1 heterocycles. The second-order valence-electron chi connectivity index (χ2n) is 5.01. The summed E-state index contributed by atoms with van der Waals surface area (Å²) in [5, 5.41) is 0. The Balaban J connectivity index is 2.25. The Labute approximate surface area is 125 Å². The van der Waals surface area contributed by atoms with Gasteiger partial charge in [0.15, 0.2) is 0 Å². The molecule has 0 radical (unpaired) electrons. The van der Waals surface area contributed by atoms with Crippen LogP contribution in [0.4, 0.5) is 4.39 Å². The smallest absolute Gasteiger partial charge is 0.257 e. The Hall–Kier alpha value is -1.43. The molecule has 2 rings (SSSR count). The summed E-state index contributed by atoms with van der Waals surface area (Å²) in [4.78, 5) is 27.4. The highest BCUT2D eigenvalue weighted by molar-refractivity contribution is 9.10. The number of nitrogens with zero attached hydrogens (tertiary/aromatic N) is 2. The van der Waals surface area contributed by atoms with Gasteiger partial charge in [-0.3, -0.25) is 9.59 Å². The highest BCUT2D eigenvalue weighted by Crippen LogP contribution is 2.23. The fourth-order valence-electron chi connectivity index (χ4n) is 2.38. The van der Waals surface area contributed by atoms with Crippen molar-refractivity contribution in [2.75, 3.05) is 20.6 Å². The molecule has 1 fully saturated rings. The van der Waals surface area contributed by atoms with Crippen molar-refractivity contribution < 1.29 is 14.0 Å². The topological polar surface area (TPSA) is 40.6 Å². The van der Waals surface area contributed by atoms with E-state index in [1.807, 2.05) is 0 Å². The van der Waals surface area contributed by atoms with Gasteiger partial charge in [0.05, 0.1) is 5.56 Å². The molecule has 0 spiro atoms. The lowest BCUT2D eigenvalue weighted by Gasteiger charge is -2.26. The first-order chi connectivity index (χ1) is 9.41. The van der Waals surface area contributed by atoms with E-state index in [1.165, 1.54) is 21.9 Å². The van der Waals surface area contributed by atoms with Crippen LogP contribution in [0.15, 0.2) is 22.7 Å². The van der Waals surface area contributed by atoms with E-state index in [0.29, 0.717) is 17.4 Å². The van der Waals surface area contributed by atoms with Gasteiger partial charge in [0, 0.05) is 25.1 Å². The lowest BCUT2D eigenvalue weighted by atomic mass is 10.1. The van der Waals surface area contributed by atoms with E-state index in [1.54, 1.807) is 20.2 Å². The lowest BCUT2D eigenvalue weighted by Crippen LogP contribution is -2.45. The quantitative estimate of drug-likeness (QED) is 0.827. The number of hydrogen-bond acceptors (Lipinski definition) is 2. The average molecular weight is 343 g/mol. The number of likely N-dealkylation sites (N-methyl/N-ethyl adjacent to an activating group) is 1. The summed E-state index contributed by atoms with van der Waals surface area (Å²) in [6.45, 7) is 0.485. The fraction of sp³-hybridized carbons (Fsp3) is 0.429. The molecule has 1 aliphatic rings. The van der Waals surface area contributed by atoms with Gasteiger partial charge < -0.3 is 9.80 Å². The molecule has 0 aromatic heterocycles. The lowest BCUT2D eigenvalue weighted by molar-refractivity contribution is -0.132. The van der Waals surface area contributed by atoms with Crippen molar-refractivity contribution in [3.8, 4) is 0 Å². The first-order valence-electron chi connectivity index (χ1n) is 6.39. The molecule has 0 saturated carbocycles. The van der Waals surface area contributed by atoms with Crippen molar-refractivity contribution in [1.82, 2.24) is 9.80 Å². The van der Waals surface area contributed by atoms with Gasteiger partial charge in [0.1, 0.15) is 11.9 Å². The minimum absolute atomic E-state index is 0.00616. The van der Waals surface area contributed by atoms with Crippen LogP contribution in [0.2, 0.25) is 0 Å². The van der Waals surface area contributed by atoms with Gasteiger partial charge in [-0.05, 0) is 31.0 Å². The van der Waals surface area contributed by atoms with E-state index >= 15 is 0 Å². The van der Waals surface area contributed by atoms with Gasteiger partial charge in [-0.2, -0.15) is 0 Å². The Morgan fingerprint density at radius 2 is 2.10 bits per heavy atom. The number of rotatable bonds is 2. The van der Waals surface area contributed by atoms with E-state index in [2.05, 4.69) is 15.9 Å². The van der Waals surface area contributed by atoms with Crippen LogP contribution in [0.1, 0.15) is 23.2 Å². The van der Waals surface area contributed by atoms with Crippen molar-refractivity contribution in [2.24, 2.45) is 0 Å². The van der Waals surface area contributed by atoms with E-state index in [9.17, 15) is 14.0 Å². The van der Waals surface area contributed by atoms with Gasteiger partial charge >= 0.3 is 0 Å². The predicted molar refractivity (Wildman–Crippen MR) is 76.9 cm³/mol. The zero-order valence-electron chi connectivity index (χ0n) is 11.4. The molecule has 108 valence electrons. The van der Waals surface area contributed by atoms with Crippen LogP contribution in [0.5, 0.6) is 0 Å². The number of amides is 2. The minimum Gasteiger partial charge on any atom is -0.347 e. The maximum atomic E-state index is 13.9. The third-order valence-electron chi connectivity index (χ3n) is 3.40. The van der Waals surface area contributed by atoms with Crippen LogP contribution in [0.25, 0.3) is 0 Å². The van der Waals surface area contributed by atoms with Crippen LogP contribution in [-0.2, 0) is 4.79 Å². The zero-order valence-corrected chi connectivity index (χ0v) is 13.0. The number of benzene rings is 1.